The molecule has 0 radical (unpaired) electrons. The molecule has 2 nitrogen and oxygen atoms in total. The van der Waals surface area contributed by atoms with Crippen LogP contribution < -0.4 is 5.32 Å². The maximum atomic E-state index is 12.0. The van der Waals surface area contributed by atoms with E-state index < -0.39 is 11.7 Å². The van der Waals surface area contributed by atoms with Crippen molar-refractivity contribution < 1.29 is 13.2 Å². The van der Waals surface area contributed by atoms with Gasteiger partial charge in [0, 0.05) is 6.20 Å². The Morgan fingerprint density at radius 2 is 1.77 bits per heavy atom. The van der Waals surface area contributed by atoms with Gasteiger partial charge in [-0.05, 0) is 42.7 Å². The molecule has 1 heterocycles. The van der Waals surface area contributed by atoms with Crippen molar-refractivity contribution in [3.05, 3.63) is 72.6 Å². The maximum absolute atomic E-state index is 12.0. The SMILES string of the molecule is C=CNc1ccc(C(F)(F)F)cn1.c1ccc(C2CC2)cc1. The number of hydrogen-bond acceptors (Lipinski definition) is 2. The molecular weight excluding hydrogens is 289 g/mol. The van der Waals surface area contributed by atoms with E-state index in [9.17, 15) is 13.2 Å². The van der Waals surface area contributed by atoms with E-state index in [-0.39, 0.29) is 0 Å². The Morgan fingerprint density at radius 3 is 2.23 bits per heavy atom. The Hall–Kier alpha value is -2.30. The van der Waals surface area contributed by atoms with Gasteiger partial charge in [0.15, 0.2) is 0 Å². The molecule has 22 heavy (non-hydrogen) atoms. The zero-order chi connectivity index (χ0) is 16.0. The zero-order valence-electron chi connectivity index (χ0n) is 12.0. The van der Waals surface area contributed by atoms with Gasteiger partial charge in [0.1, 0.15) is 5.82 Å². The van der Waals surface area contributed by atoms with Gasteiger partial charge in [0.25, 0.3) is 0 Å². The standard InChI is InChI=1S/C9H10.C8H7F3N2/c1-2-4-8(5-3-1)9-6-7-9;1-2-12-7-4-3-6(5-13-7)8(9,10)11/h1-5,9H,6-7H2;2-5H,1H2,(H,12,13). The normalized spacial score (nSPS) is 13.8. The van der Waals surface area contributed by atoms with Crippen molar-refractivity contribution in [2.45, 2.75) is 24.9 Å². The summed E-state index contributed by atoms with van der Waals surface area (Å²) in [5.74, 6) is 1.24. The van der Waals surface area contributed by atoms with E-state index in [2.05, 4.69) is 47.2 Å². The summed E-state index contributed by atoms with van der Waals surface area (Å²) in [5.41, 5.74) is 0.764. The highest BCUT2D eigenvalue weighted by molar-refractivity contribution is 5.38. The second-order valence-electron chi connectivity index (χ2n) is 4.96. The van der Waals surface area contributed by atoms with Crippen LogP contribution in [0.1, 0.15) is 29.9 Å². The third-order valence-electron chi connectivity index (χ3n) is 3.19. The monoisotopic (exact) mass is 306 g/mol. The van der Waals surface area contributed by atoms with Crippen molar-refractivity contribution in [2.75, 3.05) is 5.32 Å². The topological polar surface area (TPSA) is 24.9 Å². The van der Waals surface area contributed by atoms with Crippen LogP contribution in [0.3, 0.4) is 0 Å². The molecule has 116 valence electrons. The van der Waals surface area contributed by atoms with Crippen molar-refractivity contribution in [3.8, 4) is 0 Å². The average molecular weight is 306 g/mol. The molecule has 0 unspecified atom stereocenters. The fourth-order valence-electron chi connectivity index (χ4n) is 1.89. The third-order valence-corrected chi connectivity index (χ3v) is 3.19. The van der Waals surface area contributed by atoms with Gasteiger partial charge < -0.3 is 5.32 Å². The Labute approximate surface area is 127 Å². The predicted molar refractivity (Wildman–Crippen MR) is 81.5 cm³/mol. The van der Waals surface area contributed by atoms with Crippen LogP contribution in [-0.2, 0) is 6.18 Å². The van der Waals surface area contributed by atoms with E-state index in [0.29, 0.717) is 5.82 Å². The van der Waals surface area contributed by atoms with Crippen LogP contribution in [0.4, 0.5) is 19.0 Å². The highest BCUT2D eigenvalue weighted by Gasteiger charge is 2.30. The molecule has 0 aliphatic heterocycles. The number of benzene rings is 1. The number of rotatable bonds is 3. The van der Waals surface area contributed by atoms with Gasteiger partial charge in [0.05, 0.1) is 5.56 Å². The maximum Gasteiger partial charge on any atom is 0.417 e. The lowest BCUT2D eigenvalue weighted by Crippen LogP contribution is -2.05. The van der Waals surface area contributed by atoms with Crippen LogP contribution in [0.25, 0.3) is 0 Å². The van der Waals surface area contributed by atoms with Gasteiger partial charge in [-0.3, -0.25) is 0 Å². The summed E-state index contributed by atoms with van der Waals surface area (Å²) < 4.78 is 36.1. The minimum atomic E-state index is -4.33. The molecule has 1 fully saturated rings. The van der Waals surface area contributed by atoms with Gasteiger partial charge in [0.2, 0.25) is 0 Å². The quantitative estimate of drug-likeness (QED) is 0.841. The van der Waals surface area contributed by atoms with Crippen LogP contribution in [0.5, 0.6) is 0 Å². The highest BCUT2D eigenvalue weighted by Crippen LogP contribution is 2.39. The fourth-order valence-corrected chi connectivity index (χ4v) is 1.89. The minimum absolute atomic E-state index is 0.336. The lowest BCUT2D eigenvalue weighted by atomic mass is 10.1. The Morgan fingerprint density at radius 1 is 1.09 bits per heavy atom. The molecule has 1 N–H and O–H groups in total. The second-order valence-corrected chi connectivity index (χ2v) is 4.96. The number of nitrogens with one attached hydrogen (secondary N) is 1. The molecule has 2 aromatic rings. The number of halogens is 3. The van der Waals surface area contributed by atoms with Crippen molar-refractivity contribution in [1.82, 2.24) is 4.98 Å². The smallest absolute Gasteiger partial charge is 0.347 e. The Balaban J connectivity index is 0.000000170. The van der Waals surface area contributed by atoms with E-state index in [1.807, 2.05) is 0 Å². The van der Waals surface area contributed by atoms with E-state index in [1.165, 1.54) is 30.7 Å². The van der Waals surface area contributed by atoms with Crippen LogP contribution in [0, 0.1) is 0 Å². The predicted octanol–water partition coefficient (Wildman–Crippen LogP) is 5.22. The second kappa shape index (κ2) is 7.11. The largest absolute Gasteiger partial charge is 0.417 e. The molecule has 1 aromatic heterocycles. The van der Waals surface area contributed by atoms with Gasteiger partial charge in [-0.15, -0.1) is 0 Å². The lowest BCUT2D eigenvalue weighted by Gasteiger charge is -2.06. The van der Waals surface area contributed by atoms with E-state index in [1.54, 1.807) is 0 Å². The first-order valence-electron chi connectivity index (χ1n) is 6.96. The van der Waals surface area contributed by atoms with Crippen molar-refractivity contribution in [3.63, 3.8) is 0 Å². The van der Waals surface area contributed by atoms with Gasteiger partial charge in [-0.25, -0.2) is 4.98 Å². The lowest BCUT2D eigenvalue weighted by molar-refractivity contribution is -0.137. The van der Waals surface area contributed by atoms with E-state index >= 15 is 0 Å². The van der Waals surface area contributed by atoms with Crippen molar-refractivity contribution in [2.24, 2.45) is 0 Å². The first-order chi connectivity index (χ1) is 10.5. The van der Waals surface area contributed by atoms with Crippen LogP contribution in [0.15, 0.2) is 61.4 Å². The molecule has 0 atom stereocenters. The van der Waals surface area contributed by atoms with Crippen molar-refractivity contribution in [1.29, 1.82) is 0 Å². The molecule has 0 amide bonds. The number of hydrogen-bond donors (Lipinski definition) is 1. The molecule has 0 spiro atoms. The third kappa shape index (κ3) is 4.91. The molecule has 1 aliphatic rings. The number of anilines is 1. The molecule has 0 saturated heterocycles. The summed E-state index contributed by atoms with van der Waals surface area (Å²) in [7, 11) is 0. The van der Waals surface area contributed by atoms with Crippen LogP contribution in [-0.4, -0.2) is 4.98 Å². The minimum Gasteiger partial charge on any atom is -0.347 e. The van der Waals surface area contributed by atoms with E-state index in [0.717, 1.165) is 18.2 Å². The van der Waals surface area contributed by atoms with Crippen molar-refractivity contribution >= 4 is 5.82 Å². The molecule has 1 aliphatic carbocycles. The first-order valence-corrected chi connectivity index (χ1v) is 6.96. The van der Waals surface area contributed by atoms with Gasteiger partial charge >= 0.3 is 6.18 Å². The molecule has 1 aromatic carbocycles. The number of alkyl halides is 3. The summed E-state index contributed by atoms with van der Waals surface area (Å²) in [6.07, 6.45) is 0.592. The molecule has 1 saturated carbocycles. The van der Waals surface area contributed by atoms with Gasteiger partial charge in [-0.1, -0.05) is 36.9 Å². The van der Waals surface area contributed by atoms with Crippen LogP contribution in [0.2, 0.25) is 0 Å². The zero-order valence-corrected chi connectivity index (χ0v) is 12.0. The Bertz CT molecular complexity index is 588. The first kappa shape index (κ1) is 16.1. The average Bonchev–Trinajstić information content (AvgIpc) is 3.34. The highest BCUT2D eigenvalue weighted by atomic mass is 19.4. The fraction of sp³-hybridized carbons (Fsp3) is 0.235. The van der Waals surface area contributed by atoms with Gasteiger partial charge in [-0.2, -0.15) is 13.2 Å². The molecule has 5 heteroatoms. The van der Waals surface area contributed by atoms with E-state index in [4.69, 9.17) is 0 Å². The van der Waals surface area contributed by atoms with Crippen LogP contribution >= 0.6 is 0 Å². The summed E-state index contributed by atoms with van der Waals surface area (Å²) >= 11 is 0. The summed E-state index contributed by atoms with van der Waals surface area (Å²) in [5, 5.41) is 2.57. The number of pyridine rings is 1. The summed E-state index contributed by atoms with van der Waals surface area (Å²) in [4.78, 5) is 3.53. The number of aromatic nitrogens is 1. The Kier molecular flexibility index (Phi) is 5.20. The molecule has 0 bridgehead atoms. The summed E-state index contributed by atoms with van der Waals surface area (Å²) in [6.45, 7) is 3.35. The summed E-state index contributed by atoms with van der Waals surface area (Å²) in [6, 6.07) is 13.0. The molecule has 3 rings (SSSR count). The molecular formula is C17H17F3N2. The number of nitrogens with zero attached hydrogens (tertiary/aromatic N) is 1.